The summed E-state index contributed by atoms with van der Waals surface area (Å²) >= 11 is 4.76. The molecule has 0 aromatic carbocycles. The fraction of sp³-hybridized carbons (Fsp3) is 0.238. The van der Waals surface area contributed by atoms with E-state index in [-0.39, 0.29) is 19.6 Å². The Morgan fingerprint density at radius 2 is 2.21 bits per heavy atom. The van der Waals surface area contributed by atoms with E-state index >= 15 is 0 Å². The van der Waals surface area contributed by atoms with Gasteiger partial charge in [0.05, 0.1) is 36.9 Å². The third-order valence-electron chi connectivity index (χ3n) is 5.81. The Labute approximate surface area is 220 Å². The van der Waals surface area contributed by atoms with Crippen LogP contribution >= 0.6 is 45.2 Å². The number of carbonyl (C=O) groups is 1. The number of aromatic amines is 1. The van der Waals surface area contributed by atoms with Crippen LogP contribution in [-0.4, -0.2) is 56.9 Å². The molecule has 5 aromatic rings. The first kappa shape index (κ1) is 21.7. The summed E-state index contributed by atoms with van der Waals surface area (Å²) in [6.45, 7) is 0.464. The summed E-state index contributed by atoms with van der Waals surface area (Å²) in [5, 5.41) is 17.0. The number of nitrogens with zero attached hydrogens (tertiary/aromatic N) is 8. The van der Waals surface area contributed by atoms with Gasteiger partial charge in [0.25, 0.3) is 5.89 Å². The van der Waals surface area contributed by atoms with Crippen LogP contribution in [0.15, 0.2) is 47.5 Å². The molecule has 13 heteroatoms. The number of H-pyrrole nitrogens is 1. The van der Waals surface area contributed by atoms with Crippen LogP contribution in [-0.2, 0) is 13.5 Å². The van der Waals surface area contributed by atoms with Gasteiger partial charge in [-0.1, -0.05) is 51.2 Å². The van der Waals surface area contributed by atoms with Crippen molar-refractivity contribution in [2.24, 2.45) is 7.05 Å². The number of imidazole rings is 1. The Morgan fingerprint density at radius 1 is 1.32 bits per heavy atom. The number of fused-ring (bicyclic) bond motifs is 2. The van der Waals surface area contributed by atoms with Gasteiger partial charge >= 0.3 is 11.8 Å². The van der Waals surface area contributed by atoms with Crippen molar-refractivity contribution in [3.8, 4) is 11.5 Å². The summed E-state index contributed by atoms with van der Waals surface area (Å²) in [5.41, 5.74) is 5.31. The Balaban J connectivity index is 1.41. The average molecular weight is 681 g/mol. The first-order chi connectivity index (χ1) is 16.5. The van der Waals surface area contributed by atoms with Gasteiger partial charge in [0.15, 0.2) is 0 Å². The average Bonchev–Trinajstić information content (AvgIpc) is 3.62. The van der Waals surface area contributed by atoms with E-state index in [2.05, 4.69) is 76.5 Å². The lowest BCUT2D eigenvalue weighted by atomic mass is 9.99. The molecule has 0 bridgehead atoms. The van der Waals surface area contributed by atoms with Crippen LogP contribution in [0, 0.1) is 0 Å². The lowest BCUT2D eigenvalue weighted by Gasteiger charge is -2.32. The zero-order valence-corrected chi connectivity index (χ0v) is 22.1. The van der Waals surface area contributed by atoms with E-state index in [0.717, 1.165) is 28.2 Å². The number of hydrogen-bond donors (Lipinski definition) is 1. The van der Waals surface area contributed by atoms with Gasteiger partial charge in [-0.2, -0.15) is 10.2 Å². The summed E-state index contributed by atoms with van der Waals surface area (Å²) in [4.78, 5) is 23.0. The number of aryl methyl sites for hydroxylation is 1. The predicted octanol–water partition coefficient (Wildman–Crippen LogP) is 3.50. The molecule has 0 spiro atoms. The van der Waals surface area contributed by atoms with Crippen molar-refractivity contribution in [2.75, 3.05) is 6.54 Å². The fourth-order valence-corrected chi connectivity index (χ4v) is 5.30. The third-order valence-corrected chi connectivity index (χ3v) is 7.16. The van der Waals surface area contributed by atoms with Crippen LogP contribution in [0.3, 0.4) is 0 Å². The summed E-state index contributed by atoms with van der Waals surface area (Å²) in [6, 6.07) is 5.62. The van der Waals surface area contributed by atoms with E-state index in [9.17, 15) is 4.79 Å². The highest BCUT2D eigenvalue weighted by Crippen LogP contribution is 2.37. The quantitative estimate of drug-likeness (QED) is 0.228. The van der Waals surface area contributed by atoms with Crippen LogP contribution < -0.4 is 0 Å². The molecule has 34 heavy (non-hydrogen) atoms. The number of rotatable bonds is 4. The third kappa shape index (κ3) is 3.60. The first-order valence-electron chi connectivity index (χ1n) is 10.4. The van der Waals surface area contributed by atoms with Gasteiger partial charge in [-0.3, -0.25) is 9.48 Å². The van der Waals surface area contributed by atoms with Crippen molar-refractivity contribution in [2.45, 2.75) is 14.4 Å². The van der Waals surface area contributed by atoms with Gasteiger partial charge in [0.1, 0.15) is 6.04 Å². The molecule has 1 aliphatic heterocycles. The molecule has 0 fully saturated rings. The molecule has 0 radical (unpaired) electrons. The standard InChI is InChI=1S/C21H17I2N9O2/c1-30-9-11(8-26-30)19-27-28-20(34-19)21(33)31-6-4-13-16(25-10-24-13)17(31)14-7-15-12(18(22)23)3-2-5-32(15)29-14/h2-3,5,7-10,17-18H,4,6H2,1H3,(H,24,25)/t17-/m1/s1. The first-order valence-corrected chi connectivity index (χ1v) is 12.9. The molecule has 1 N–H and O–H groups in total. The number of aromatic nitrogens is 8. The molecule has 5 aromatic heterocycles. The van der Waals surface area contributed by atoms with E-state index in [1.807, 2.05) is 22.8 Å². The van der Waals surface area contributed by atoms with Crippen LogP contribution in [0.1, 0.15) is 41.3 Å². The molecule has 11 nitrogen and oxygen atoms in total. The molecule has 0 saturated heterocycles. The molecule has 172 valence electrons. The highest BCUT2D eigenvalue weighted by Gasteiger charge is 2.38. The molecule has 6 heterocycles. The largest absolute Gasteiger partial charge is 0.412 e. The van der Waals surface area contributed by atoms with Crippen molar-refractivity contribution in [1.82, 2.24) is 44.5 Å². The molecular formula is C21H17I2N9O2. The smallest absolute Gasteiger partial charge is 0.312 e. The van der Waals surface area contributed by atoms with E-state index in [1.54, 1.807) is 35.4 Å². The maximum absolute atomic E-state index is 13.6. The molecular weight excluding hydrogens is 664 g/mol. The molecule has 0 aliphatic carbocycles. The summed E-state index contributed by atoms with van der Waals surface area (Å²) < 4.78 is 9.50. The number of carbonyl (C=O) groups excluding carboxylic acids is 1. The minimum Gasteiger partial charge on any atom is -0.412 e. The fourth-order valence-electron chi connectivity index (χ4n) is 4.25. The number of nitrogens with one attached hydrogen (secondary N) is 1. The summed E-state index contributed by atoms with van der Waals surface area (Å²) in [6.07, 6.45) is 7.58. The number of pyridine rings is 1. The second-order valence-corrected chi connectivity index (χ2v) is 12.8. The topological polar surface area (TPSA) is 123 Å². The van der Waals surface area contributed by atoms with Crippen LogP contribution in [0.4, 0.5) is 0 Å². The number of alkyl halides is 2. The molecule has 1 aliphatic rings. The molecule has 6 rings (SSSR count). The van der Waals surface area contributed by atoms with Gasteiger partial charge in [0.2, 0.25) is 0 Å². The lowest BCUT2D eigenvalue weighted by Crippen LogP contribution is -2.41. The molecule has 0 saturated carbocycles. The van der Waals surface area contributed by atoms with Crippen molar-refractivity contribution in [3.05, 3.63) is 71.7 Å². The van der Waals surface area contributed by atoms with Crippen molar-refractivity contribution in [3.63, 3.8) is 0 Å². The van der Waals surface area contributed by atoms with E-state index in [4.69, 9.17) is 9.52 Å². The number of halogens is 2. The molecule has 1 amide bonds. The Morgan fingerprint density at radius 3 is 3.00 bits per heavy atom. The second kappa shape index (κ2) is 8.44. The Kier molecular flexibility index (Phi) is 5.39. The van der Waals surface area contributed by atoms with Crippen molar-refractivity contribution in [1.29, 1.82) is 0 Å². The van der Waals surface area contributed by atoms with E-state index in [0.29, 0.717) is 18.5 Å². The zero-order chi connectivity index (χ0) is 23.4. The van der Waals surface area contributed by atoms with E-state index < -0.39 is 6.04 Å². The molecule has 1 atom stereocenters. The van der Waals surface area contributed by atoms with Gasteiger partial charge in [0, 0.05) is 43.7 Å². The monoisotopic (exact) mass is 681 g/mol. The molecule has 0 unspecified atom stereocenters. The normalized spacial score (nSPS) is 15.9. The van der Waals surface area contributed by atoms with Gasteiger partial charge in [-0.15, -0.1) is 10.2 Å². The summed E-state index contributed by atoms with van der Waals surface area (Å²) in [5.74, 6) is -0.191. The van der Waals surface area contributed by atoms with Crippen LogP contribution in [0.5, 0.6) is 0 Å². The van der Waals surface area contributed by atoms with Gasteiger partial charge in [-0.25, -0.2) is 9.50 Å². The maximum atomic E-state index is 13.6. The number of amides is 1. The highest BCUT2D eigenvalue weighted by molar-refractivity contribution is 14.2. The maximum Gasteiger partial charge on any atom is 0.312 e. The van der Waals surface area contributed by atoms with Crippen molar-refractivity contribution < 1.29 is 9.21 Å². The number of hydrogen-bond acceptors (Lipinski definition) is 7. The Hall–Kier alpha value is -2.82. The van der Waals surface area contributed by atoms with Crippen LogP contribution in [0.25, 0.3) is 17.0 Å². The van der Waals surface area contributed by atoms with E-state index in [1.165, 1.54) is 0 Å². The zero-order valence-electron chi connectivity index (χ0n) is 17.8. The highest BCUT2D eigenvalue weighted by atomic mass is 127. The van der Waals surface area contributed by atoms with Crippen LogP contribution in [0.2, 0.25) is 0 Å². The minimum absolute atomic E-state index is 0.0770. The second-order valence-electron chi connectivity index (χ2n) is 7.90. The van der Waals surface area contributed by atoms with Gasteiger partial charge < -0.3 is 14.3 Å². The lowest BCUT2D eigenvalue weighted by molar-refractivity contribution is 0.0646. The van der Waals surface area contributed by atoms with Crippen molar-refractivity contribution >= 4 is 56.6 Å². The predicted molar refractivity (Wildman–Crippen MR) is 138 cm³/mol. The SMILES string of the molecule is Cn1cc(-c2nnc(C(=O)N3CCc4[nH]cnc4[C@H]3c3cc4c(C(I)I)cccn4n3)o2)cn1. The summed E-state index contributed by atoms with van der Waals surface area (Å²) in [7, 11) is 1.80. The Bertz CT molecular complexity index is 1520. The minimum atomic E-state index is -0.481. The van der Waals surface area contributed by atoms with Gasteiger partial charge in [-0.05, 0) is 12.1 Å².